The van der Waals surface area contributed by atoms with Gasteiger partial charge in [0.25, 0.3) is 0 Å². The van der Waals surface area contributed by atoms with Crippen LogP contribution < -0.4 is 0 Å². The van der Waals surface area contributed by atoms with Crippen molar-refractivity contribution in [3.05, 3.63) is 48.6 Å². The van der Waals surface area contributed by atoms with Crippen molar-refractivity contribution in [1.29, 1.82) is 0 Å². The zero-order chi connectivity index (χ0) is 76.1. The van der Waals surface area contributed by atoms with Gasteiger partial charge in [0.05, 0.1) is 18.3 Å². The van der Waals surface area contributed by atoms with E-state index in [1.807, 2.05) is 6.92 Å². The summed E-state index contributed by atoms with van der Waals surface area (Å²) in [5, 5.41) is 41.3. The van der Waals surface area contributed by atoms with Gasteiger partial charge in [-0.15, -0.1) is 0 Å². The van der Waals surface area contributed by atoms with Gasteiger partial charge < -0.3 is 25.2 Å². The van der Waals surface area contributed by atoms with E-state index in [-0.39, 0.29) is 51.4 Å². The number of carboxylic acids is 4. The Morgan fingerprint density at radius 2 is 0.515 bits per heavy atom. The van der Waals surface area contributed by atoms with Crippen LogP contribution in [0.25, 0.3) is 0 Å². The number of aliphatic carboxylic acids is 4. The number of allylic oxidation sites excluding steroid dienone is 8. The van der Waals surface area contributed by atoms with Gasteiger partial charge in [-0.2, -0.15) is 0 Å². The first kappa shape index (κ1) is 98.0. The van der Waals surface area contributed by atoms with Crippen LogP contribution in [-0.2, 0) is 47.9 Å². The molecule has 0 aromatic rings. The number of unbranched alkanes of at least 4 members (excludes halogenated alkanes) is 46. The molecule has 14 heteroatoms. The summed E-state index contributed by atoms with van der Waals surface area (Å²) < 4.78 is 5.98. The largest absolute Gasteiger partial charge is 0.481 e. The van der Waals surface area contributed by atoms with Crippen molar-refractivity contribution in [1.82, 2.24) is 0 Å². The fourth-order valence-corrected chi connectivity index (χ4v) is 14.7. The summed E-state index contributed by atoms with van der Waals surface area (Å²) in [5.74, 6) is -19.7. The van der Waals surface area contributed by atoms with Crippen molar-refractivity contribution >= 4 is 53.0 Å². The quantitative estimate of drug-likeness (QED) is 0.0192. The van der Waals surface area contributed by atoms with Gasteiger partial charge >= 0.3 is 29.8 Å². The lowest BCUT2D eigenvalue weighted by Crippen LogP contribution is -2.65. The fourth-order valence-electron chi connectivity index (χ4n) is 14.7. The summed E-state index contributed by atoms with van der Waals surface area (Å²) in [6.45, 7) is 9.43. The molecule has 0 bridgehead atoms. The van der Waals surface area contributed by atoms with Gasteiger partial charge in [-0.25, -0.2) is 0 Å². The van der Waals surface area contributed by atoms with Crippen molar-refractivity contribution in [2.45, 2.75) is 426 Å². The lowest BCUT2D eigenvalue weighted by Gasteiger charge is -2.45. The Kier molecular flexibility index (Phi) is 65.4. The molecule has 0 spiro atoms. The molecule has 4 N–H and O–H groups in total. The van der Waals surface area contributed by atoms with Crippen LogP contribution >= 0.6 is 0 Å². The normalized spacial score (nSPS) is 14.0. The molecule has 3 atom stereocenters. The maximum Gasteiger partial charge on any atom is 0.328 e. The molecular weight excluding hydrogens is 1290 g/mol. The zero-order valence-electron chi connectivity index (χ0n) is 66.6. The Morgan fingerprint density at radius 1 is 0.282 bits per heavy atom. The van der Waals surface area contributed by atoms with Gasteiger partial charge in [-0.05, 0) is 135 Å². The van der Waals surface area contributed by atoms with E-state index in [4.69, 9.17) is 4.74 Å². The minimum absolute atomic E-state index is 0.178. The second-order valence-electron chi connectivity index (χ2n) is 30.1. The molecule has 0 aromatic carbocycles. The van der Waals surface area contributed by atoms with E-state index in [1.165, 1.54) is 141 Å². The van der Waals surface area contributed by atoms with Gasteiger partial charge in [-0.3, -0.25) is 43.2 Å². The smallest absolute Gasteiger partial charge is 0.328 e. The number of hydrogen-bond acceptors (Lipinski definition) is 10. The molecule has 0 heterocycles. The average Bonchev–Trinajstić information content (AvgIpc) is 0.710. The number of carbonyl (C=O) groups is 9. The minimum Gasteiger partial charge on any atom is -0.481 e. The predicted molar refractivity (Wildman–Crippen MR) is 423 cm³/mol. The van der Waals surface area contributed by atoms with Gasteiger partial charge in [0.2, 0.25) is 5.41 Å². The Morgan fingerprint density at radius 3 is 0.757 bits per heavy atom. The maximum atomic E-state index is 16.3. The number of esters is 1. The summed E-state index contributed by atoms with van der Waals surface area (Å²) in [7, 11) is 0. The topological polar surface area (TPSA) is 244 Å². The summed E-state index contributed by atoms with van der Waals surface area (Å²) in [6.07, 6.45) is 67.4. The maximum absolute atomic E-state index is 16.3. The van der Waals surface area contributed by atoms with Crippen molar-refractivity contribution in [2.24, 2.45) is 28.6 Å². The third-order valence-electron chi connectivity index (χ3n) is 21.1. The van der Waals surface area contributed by atoms with Crippen LogP contribution in [-0.4, -0.2) is 80.0 Å². The van der Waals surface area contributed by atoms with E-state index in [1.54, 1.807) is 0 Å². The fraction of sp³-hybridized carbons (Fsp3) is 0.809. The highest BCUT2D eigenvalue weighted by Crippen LogP contribution is 2.52. The second-order valence-corrected chi connectivity index (χ2v) is 30.1. The highest BCUT2D eigenvalue weighted by Gasteiger charge is 2.71. The van der Waals surface area contributed by atoms with Crippen LogP contribution in [0.5, 0.6) is 0 Å². The van der Waals surface area contributed by atoms with Crippen molar-refractivity contribution < 1.29 is 68.3 Å². The van der Waals surface area contributed by atoms with Crippen LogP contribution in [0, 0.1) is 28.6 Å². The lowest BCUT2D eigenvalue weighted by molar-refractivity contribution is -0.185. The average molecular weight is 1450 g/mol. The highest BCUT2D eigenvalue weighted by molar-refractivity contribution is 6.31. The van der Waals surface area contributed by atoms with E-state index in [2.05, 4.69) is 76.3 Å². The third-order valence-corrected chi connectivity index (χ3v) is 21.1. The molecule has 0 amide bonds. The summed E-state index contributed by atoms with van der Waals surface area (Å²) in [6, 6.07) is 0. The van der Waals surface area contributed by atoms with Crippen LogP contribution in [0.15, 0.2) is 48.6 Å². The molecule has 0 aliphatic carbocycles. The molecule has 594 valence electrons. The molecule has 14 nitrogen and oxygen atoms in total. The van der Waals surface area contributed by atoms with Crippen LogP contribution in [0.4, 0.5) is 0 Å². The number of ketones is 4. The number of carboxylic acid groups (broad SMARTS) is 4. The SMILES string of the molecule is CCCCCCCCC=CCCCCCCCC(=O)C(CCCCC)(C(=O)CCCCCCCC=CCCCCCCCC)C(C(=O)CCCCCCCC=CCCCCCCCC)(C(=O)CCCCCCCC=CCCCCCCCC)C(=O)OCC(C(=O)O)C(C(=O)O)C(CC(=O)O)C(=O)O. The zero-order valence-corrected chi connectivity index (χ0v) is 66.6. The summed E-state index contributed by atoms with van der Waals surface area (Å²) in [5.41, 5.74) is -5.70. The first-order chi connectivity index (χ1) is 50.0. The number of Topliss-reactive ketones (excluding diaryl/α,β-unsaturated/α-hetero) is 4. The van der Waals surface area contributed by atoms with E-state index in [0.29, 0.717) is 51.4 Å². The standard InChI is InChI=1S/C89H154O14/c1-6-11-16-20-24-28-32-36-40-44-48-52-56-60-64-69-78(90)88(73-68-15-10-5,79(91)70-65-61-57-53-49-45-41-37-33-29-25-21-17-12-7-2)89(80(92)71-66-62-58-54-50-46-42-38-34-30-26-22-18-13-8-3,81(93)72-67-63-59-55-51-47-43-39-35-31-27-23-19-14-9-4)87(102)103-75-77(85(98)99)83(86(100)101)76(84(96)97)74-82(94)95/h36-43,76-77,83H,6-35,44-75H2,1-5H3,(H,94,95)(H,96,97)(H,98,99)(H,100,101). The molecule has 0 saturated carbocycles. The van der Waals surface area contributed by atoms with Gasteiger partial charge in [0, 0.05) is 25.7 Å². The third kappa shape index (κ3) is 46.6. The first-order valence-electron chi connectivity index (χ1n) is 42.8. The van der Waals surface area contributed by atoms with Crippen molar-refractivity contribution in [2.75, 3.05) is 6.61 Å². The van der Waals surface area contributed by atoms with Crippen molar-refractivity contribution in [3.63, 3.8) is 0 Å². The van der Waals surface area contributed by atoms with Gasteiger partial charge in [0.1, 0.15) is 29.5 Å². The van der Waals surface area contributed by atoms with E-state index >= 15 is 24.0 Å². The first-order valence-corrected chi connectivity index (χ1v) is 42.8. The molecule has 0 saturated heterocycles. The monoisotopic (exact) mass is 1450 g/mol. The molecule has 0 fully saturated rings. The molecule has 103 heavy (non-hydrogen) atoms. The molecule has 0 rings (SSSR count). The number of carbonyl (C=O) groups excluding carboxylic acids is 5. The predicted octanol–water partition coefficient (Wildman–Crippen LogP) is 25.1. The van der Waals surface area contributed by atoms with Crippen LogP contribution in [0.1, 0.15) is 426 Å². The van der Waals surface area contributed by atoms with Gasteiger partial charge in [0.15, 0.2) is 11.6 Å². The molecule has 0 radical (unpaired) electrons. The summed E-state index contributed by atoms with van der Waals surface area (Å²) in [4.78, 5) is 132. The molecule has 3 unspecified atom stereocenters. The molecule has 0 aromatic heterocycles. The molecule has 0 aliphatic rings. The Balaban J connectivity index is 7.91. The highest BCUT2D eigenvalue weighted by atomic mass is 16.5. The van der Waals surface area contributed by atoms with E-state index in [0.717, 1.165) is 141 Å². The molecular formula is C89H154O14. The van der Waals surface area contributed by atoms with E-state index in [9.17, 15) is 39.6 Å². The number of rotatable bonds is 79. The number of ether oxygens (including phenoxy) is 1. The molecule has 0 aliphatic heterocycles. The van der Waals surface area contributed by atoms with Gasteiger partial charge in [-0.1, -0.05) is 308 Å². The Bertz CT molecular complexity index is 2210. The van der Waals surface area contributed by atoms with Crippen LogP contribution in [0.2, 0.25) is 0 Å². The Labute approximate surface area is 628 Å². The lowest BCUT2D eigenvalue weighted by atomic mass is 9.51. The summed E-state index contributed by atoms with van der Waals surface area (Å²) >= 11 is 0. The van der Waals surface area contributed by atoms with E-state index < -0.39 is 94.6 Å². The minimum atomic E-state index is -3.12. The second kappa shape index (κ2) is 68.8. The Hall–Kier alpha value is -5.01. The van der Waals surface area contributed by atoms with Crippen molar-refractivity contribution in [3.8, 4) is 0 Å². The number of hydrogen-bond donors (Lipinski definition) is 4. The van der Waals surface area contributed by atoms with Crippen LogP contribution in [0.3, 0.4) is 0 Å².